The molecule has 0 N–H and O–H groups in total. The van der Waals surface area contributed by atoms with Gasteiger partial charge in [-0.15, -0.1) is 0 Å². The third-order valence-electron chi connectivity index (χ3n) is 3.00. The highest BCUT2D eigenvalue weighted by molar-refractivity contribution is 5.96. The summed E-state index contributed by atoms with van der Waals surface area (Å²) < 4.78 is 17.4. The van der Waals surface area contributed by atoms with Crippen molar-refractivity contribution < 1.29 is 18.7 Å². The second-order valence-corrected chi connectivity index (χ2v) is 4.27. The third kappa shape index (κ3) is 4.05. The van der Waals surface area contributed by atoms with Gasteiger partial charge in [0.2, 0.25) is 0 Å². The van der Waals surface area contributed by atoms with Crippen LogP contribution in [0.5, 0.6) is 0 Å². The molecule has 0 saturated carbocycles. The highest BCUT2D eigenvalue weighted by Crippen LogP contribution is 2.12. The molecule has 0 aromatic heterocycles. The van der Waals surface area contributed by atoms with Gasteiger partial charge in [-0.3, -0.25) is 9.59 Å². The minimum atomic E-state index is -0.476. The van der Waals surface area contributed by atoms with Crippen molar-refractivity contribution in [2.45, 2.75) is 26.3 Å². The fourth-order valence-corrected chi connectivity index (χ4v) is 1.61. The van der Waals surface area contributed by atoms with Crippen LogP contribution < -0.4 is 0 Å². The van der Waals surface area contributed by atoms with E-state index >= 15 is 0 Å². The van der Waals surface area contributed by atoms with Gasteiger partial charge in [0.05, 0.1) is 7.11 Å². The van der Waals surface area contributed by atoms with Gasteiger partial charge in [-0.05, 0) is 37.6 Å². The lowest BCUT2D eigenvalue weighted by Crippen LogP contribution is -2.42. The number of esters is 1. The SMILES string of the molecule is CCC(C)N(CC(=O)OC)C(=O)c1ccc(F)cc1. The molecule has 0 aliphatic heterocycles. The van der Waals surface area contributed by atoms with Crippen molar-refractivity contribution >= 4 is 11.9 Å². The number of hydrogen-bond acceptors (Lipinski definition) is 3. The van der Waals surface area contributed by atoms with Gasteiger partial charge in [-0.25, -0.2) is 4.39 Å². The van der Waals surface area contributed by atoms with E-state index in [9.17, 15) is 14.0 Å². The van der Waals surface area contributed by atoms with Crippen molar-refractivity contribution in [3.63, 3.8) is 0 Å². The Bertz CT molecular complexity index is 445. The Morgan fingerprint density at radius 2 is 1.89 bits per heavy atom. The quantitative estimate of drug-likeness (QED) is 0.769. The van der Waals surface area contributed by atoms with Gasteiger partial charge in [0, 0.05) is 11.6 Å². The van der Waals surface area contributed by atoms with Crippen LogP contribution in [0, 0.1) is 5.82 Å². The molecule has 0 fully saturated rings. The molecule has 1 aromatic rings. The summed E-state index contributed by atoms with van der Waals surface area (Å²) in [4.78, 5) is 25.1. The van der Waals surface area contributed by atoms with Crippen LogP contribution in [0.3, 0.4) is 0 Å². The first kappa shape index (κ1) is 15.1. The maximum atomic E-state index is 12.8. The van der Waals surface area contributed by atoms with Crippen LogP contribution in [0.1, 0.15) is 30.6 Å². The zero-order valence-electron chi connectivity index (χ0n) is 11.4. The van der Waals surface area contributed by atoms with E-state index in [1.165, 1.54) is 36.3 Å². The zero-order chi connectivity index (χ0) is 14.4. The van der Waals surface area contributed by atoms with Crippen molar-refractivity contribution in [1.29, 1.82) is 0 Å². The molecule has 0 radical (unpaired) electrons. The summed E-state index contributed by atoms with van der Waals surface area (Å²) in [6.07, 6.45) is 0.712. The fourth-order valence-electron chi connectivity index (χ4n) is 1.61. The van der Waals surface area contributed by atoms with Crippen LogP contribution in [0.25, 0.3) is 0 Å². The minimum Gasteiger partial charge on any atom is -0.468 e. The molecular formula is C14H18FNO3. The van der Waals surface area contributed by atoms with E-state index in [0.717, 1.165) is 0 Å². The molecule has 0 aliphatic carbocycles. The minimum absolute atomic E-state index is 0.100. The van der Waals surface area contributed by atoms with Crippen molar-refractivity contribution in [3.8, 4) is 0 Å². The van der Waals surface area contributed by atoms with E-state index in [-0.39, 0.29) is 18.5 Å². The Kier molecular flexibility index (Phi) is 5.48. The van der Waals surface area contributed by atoms with E-state index in [0.29, 0.717) is 12.0 Å². The molecule has 0 bridgehead atoms. The van der Waals surface area contributed by atoms with Crippen LogP contribution in [-0.4, -0.2) is 36.5 Å². The average molecular weight is 267 g/mol. The second kappa shape index (κ2) is 6.87. The molecule has 0 saturated heterocycles. The topological polar surface area (TPSA) is 46.6 Å². The molecule has 0 heterocycles. The number of nitrogens with zero attached hydrogens (tertiary/aromatic N) is 1. The number of carbonyl (C=O) groups excluding carboxylic acids is 2. The number of hydrogen-bond donors (Lipinski definition) is 0. The summed E-state index contributed by atoms with van der Waals surface area (Å²) >= 11 is 0. The molecule has 1 atom stereocenters. The van der Waals surface area contributed by atoms with Gasteiger partial charge in [-0.2, -0.15) is 0 Å². The highest BCUT2D eigenvalue weighted by Gasteiger charge is 2.23. The lowest BCUT2D eigenvalue weighted by Gasteiger charge is -2.27. The molecule has 0 spiro atoms. The van der Waals surface area contributed by atoms with Crippen LogP contribution >= 0.6 is 0 Å². The molecule has 1 unspecified atom stereocenters. The number of methoxy groups -OCH3 is 1. The molecule has 1 amide bonds. The lowest BCUT2D eigenvalue weighted by molar-refractivity contribution is -0.141. The number of amides is 1. The number of benzene rings is 1. The van der Waals surface area contributed by atoms with Gasteiger partial charge in [0.1, 0.15) is 12.4 Å². The molecule has 1 rings (SSSR count). The maximum Gasteiger partial charge on any atom is 0.325 e. The summed E-state index contributed by atoms with van der Waals surface area (Å²) in [7, 11) is 1.28. The first-order valence-corrected chi connectivity index (χ1v) is 6.13. The number of rotatable bonds is 5. The van der Waals surface area contributed by atoms with Crippen LogP contribution in [0.2, 0.25) is 0 Å². The van der Waals surface area contributed by atoms with E-state index in [4.69, 9.17) is 0 Å². The standard InChI is InChI=1S/C14H18FNO3/c1-4-10(2)16(9-13(17)19-3)14(18)11-5-7-12(15)8-6-11/h5-8,10H,4,9H2,1-3H3. The summed E-state index contributed by atoms with van der Waals surface area (Å²) in [6, 6.07) is 5.16. The van der Waals surface area contributed by atoms with Crippen molar-refractivity contribution in [1.82, 2.24) is 4.90 Å². The summed E-state index contributed by atoms with van der Waals surface area (Å²) in [5.41, 5.74) is 0.352. The van der Waals surface area contributed by atoms with Crippen LogP contribution in [0.4, 0.5) is 4.39 Å². The predicted octanol–water partition coefficient (Wildman–Crippen LogP) is 2.24. The number of carbonyl (C=O) groups is 2. The fraction of sp³-hybridized carbons (Fsp3) is 0.429. The molecule has 0 aliphatic rings. The van der Waals surface area contributed by atoms with E-state index in [1.54, 1.807) is 0 Å². The van der Waals surface area contributed by atoms with Crippen LogP contribution in [-0.2, 0) is 9.53 Å². The largest absolute Gasteiger partial charge is 0.468 e. The van der Waals surface area contributed by atoms with Gasteiger partial charge >= 0.3 is 5.97 Å². The zero-order valence-corrected chi connectivity index (χ0v) is 11.4. The maximum absolute atomic E-state index is 12.8. The molecule has 1 aromatic carbocycles. The Morgan fingerprint density at radius 3 is 2.37 bits per heavy atom. The summed E-state index contributed by atoms with van der Waals surface area (Å²) in [5, 5.41) is 0. The normalized spacial score (nSPS) is 11.8. The highest BCUT2D eigenvalue weighted by atomic mass is 19.1. The first-order chi connectivity index (χ1) is 8.99. The smallest absolute Gasteiger partial charge is 0.325 e. The van der Waals surface area contributed by atoms with Crippen molar-refractivity contribution in [2.24, 2.45) is 0 Å². The van der Waals surface area contributed by atoms with Crippen molar-refractivity contribution in [3.05, 3.63) is 35.6 Å². The number of ether oxygens (including phenoxy) is 1. The molecule has 5 heteroatoms. The predicted molar refractivity (Wildman–Crippen MR) is 69.2 cm³/mol. The lowest BCUT2D eigenvalue weighted by atomic mass is 10.1. The van der Waals surface area contributed by atoms with Crippen LogP contribution in [0.15, 0.2) is 24.3 Å². The van der Waals surface area contributed by atoms with Gasteiger partial charge in [0.25, 0.3) is 5.91 Å². The molecular weight excluding hydrogens is 249 g/mol. The van der Waals surface area contributed by atoms with E-state index in [2.05, 4.69) is 4.74 Å². The average Bonchev–Trinajstić information content (AvgIpc) is 2.43. The molecule has 19 heavy (non-hydrogen) atoms. The third-order valence-corrected chi connectivity index (χ3v) is 3.00. The Morgan fingerprint density at radius 1 is 1.32 bits per heavy atom. The van der Waals surface area contributed by atoms with E-state index < -0.39 is 11.8 Å². The van der Waals surface area contributed by atoms with E-state index in [1.807, 2.05) is 13.8 Å². The Labute approximate surface area is 112 Å². The first-order valence-electron chi connectivity index (χ1n) is 6.13. The van der Waals surface area contributed by atoms with Gasteiger partial charge in [-0.1, -0.05) is 6.92 Å². The molecule has 104 valence electrons. The summed E-state index contributed by atoms with van der Waals surface area (Å²) in [6.45, 7) is 3.67. The number of halogens is 1. The summed E-state index contributed by atoms with van der Waals surface area (Å²) in [5.74, 6) is -1.19. The molecule has 4 nitrogen and oxygen atoms in total. The monoisotopic (exact) mass is 267 g/mol. The van der Waals surface area contributed by atoms with Gasteiger partial charge in [0.15, 0.2) is 0 Å². The van der Waals surface area contributed by atoms with Gasteiger partial charge < -0.3 is 9.64 Å². The van der Waals surface area contributed by atoms with Crippen molar-refractivity contribution in [2.75, 3.05) is 13.7 Å². The Balaban J connectivity index is 2.93. The second-order valence-electron chi connectivity index (χ2n) is 4.27. The Hall–Kier alpha value is -1.91.